The molecule has 1 amide bonds. The van der Waals surface area contributed by atoms with Crippen LogP contribution in [0.25, 0.3) is 0 Å². The second kappa shape index (κ2) is 7.50. The molecule has 1 aliphatic heterocycles. The fraction of sp³-hybridized carbons (Fsp3) is 0.438. The van der Waals surface area contributed by atoms with E-state index in [1.165, 1.54) is 15.6 Å². The van der Waals surface area contributed by atoms with E-state index >= 15 is 0 Å². The molecule has 0 unspecified atom stereocenters. The Kier molecular flexibility index (Phi) is 5.37. The van der Waals surface area contributed by atoms with E-state index in [-0.39, 0.29) is 5.91 Å². The van der Waals surface area contributed by atoms with Crippen molar-refractivity contribution in [3.8, 4) is 0 Å². The molecule has 1 fully saturated rings. The average Bonchev–Trinajstić information content (AvgIpc) is 3.33. The number of amides is 1. The number of hydrogen-bond donors (Lipinski definition) is 1. The number of hydrogen-bond acceptors (Lipinski definition) is 5. The Hall–Kier alpha value is -1.64. The van der Waals surface area contributed by atoms with Crippen LogP contribution >= 0.6 is 11.3 Å². The number of nitrogens with one attached hydrogen (secondary N) is 1. The van der Waals surface area contributed by atoms with Gasteiger partial charge in [0.05, 0.1) is 12.8 Å². The third-order valence-corrected chi connectivity index (χ3v) is 7.39. The Morgan fingerprint density at radius 2 is 2.04 bits per heavy atom. The summed E-state index contributed by atoms with van der Waals surface area (Å²) < 4.78 is 32.0. The first-order valence-corrected chi connectivity index (χ1v) is 10.2. The number of aryl methyl sites for hydroxylation is 1. The lowest BCUT2D eigenvalue weighted by Gasteiger charge is -2.13. The zero-order valence-electron chi connectivity index (χ0n) is 13.2. The van der Waals surface area contributed by atoms with Crippen molar-refractivity contribution >= 4 is 27.3 Å². The largest absolute Gasteiger partial charge is 0.469 e. The molecule has 24 heavy (non-hydrogen) atoms. The van der Waals surface area contributed by atoms with Crippen LogP contribution in [0, 0.1) is 0 Å². The molecule has 1 saturated heterocycles. The van der Waals surface area contributed by atoms with Gasteiger partial charge in [0.15, 0.2) is 0 Å². The normalized spacial score (nSPS) is 15.7. The van der Waals surface area contributed by atoms with Crippen LogP contribution in [0.2, 0.25) is 0 Å². The zero-order chi connectivity index (χ0) is 17.0. The fourth-order valence-electron chi connectivity index (χ4n) is 2.61. The van der Waals surface area contributed by atoms with Crippen molar-refractivity contribution < 1.29 is 17.6 Å². The SMILES string of the molecule is O=C(CCc1ccco1)NCc1ccc(S(=O)(=O)N2CCCC2)s1. The number of sulfonamides is 1. The number of thiophene rings is 1. The number of rotatable bonds is 7. The summed E-state index contributed by atoms with van der Waals surface area (Å²) in [4.78, 5) is 12.7. The molecule has 0 bridgehead atoms. The van der Waals surface area contributed by atoms with Crippen LogP contribution in [0.4, 0.5) is 0 Å². The van der Waals surface area contributed by atoms with Gasteiger partial charge in [-0.15, -0.1) is 11.3 Å². The molecule has 0 saturated carbocycles. The van der Waals surface area contributed by atoms with Crippen LogP contribution in [-0.4, -0.2) is 31.7 Å². The average molecular weight is 368 g/mol. The molecule has 0 radical (unpaired) electrons. The minimum absolute atomic E-state index is 0.0799. The molecule has 3 rings (SSSR count). The second-order valence-corrected chi connectivity index (χ2v) is 9.02. The minimum Gasteiger partial charge on any atom is -0.469 e. The van der Waals surface area contributed by atoms with Gasteiger partial charge < -0.3 is 9.73 Å². The van der Waals surface area contributed by atoms with Crippen molar-refractivity contribution in [2.75, 3.05) is 13.1 Å². The van der Waals surface area contributed by atoms with E-state index in [2.05, 4.69) is 5.32 Å². The molecule has 6 nitrogen and oxygen atoms in total. The number of carbonyl (C=O) groups excluding carboxylic acids is 1. The van der Waals surface area contributed by atoms with Gasteiger partial charge in [-0.1, -0.05) is 0 Å². The van der Waals surface area contributed by atoms with Crippen LogP contribution in [0.3, 0.4) is 0 Å². The summed E-state index contributed by atoms with van der Waals surface area (Å²) in [5.41, 5.74) is 0. The monoisotopic (exact) mass is 368 g/mol. The highest BCUT2D eigenvalue weighted by Gasteiger charge is 2.28. The fourth-order valence-corrected chi connectivity index (χ4v) is 5.58. The summed E-state index contributed by atoms with van der Waals surface area (Å²) in [5.74, 6) is 0.698. The van der Waals surface area contributed by atoms with E-state index < -0.39 is 10.0 Å². The molecule has 0 spiro atoms. The first-order chi connectivity index (χ1) is 11.6. The van der Waals surface area contributed by atoms with Crippen molar-refractivity contribution in [1.82, 2.24) is 9.62 Å². The van der Waals surface area contributed by atoms with Gasteiger partial charge in [0.25, 0.3) is 10.0 Å². The predicted molar refractivity (Wildman–Crippen MR) is 91.2 cm³/mol. The van der Waals surface area contributed by atoms with Crippen molar-refractivity contribution in [3.05, 3.63) is 41.2 Å². The lowest BCUT2D eigenvalue weighted by Crippen LogP contribution is -2.27. The Balaban J connectivity index is 1.51. The lowest BCUT2D eigenvalue weighted by atomic mass is 10.2. The van der Waals surface area contributed by atoms with Gasteiger partial charge in [-0.25, -0.2) is 8.42 Å². The quantitative estimate of drug-likeness (QED) is 0.814. The molecule has 2 aromatic heterocycles. The van der Waals surface area contributed by atoms with Crippen LogP contribution in [-0.2, 0) is 27.8 Å². The Bertz CT molecular complexity index is 775. The van der Waals surface area contributed by atoms with Gasteiger partial charge in [0, 0.05) is 30.8 Å². The van der Waals surface area contributed by atoms with Crippen molar-refractivity contribution in [1.29, 1.82) is 0 Å². The summed E-state index contributed by atoms with van der Waals surface area (Å²) >= 11 is 1.22. The topological polar surface area (TPSA) is 79.6 Å². The third kappa shape index (κ3) is 4.06. The smallest absolute Gasteiger partial charge is 0.252 e. The van der Waals surface area contributed by atoms with E-state index in [4.69, 9.17) is 4.42 Å². The maximum Gasteiger partial charge on any atom is 0.252 e. The minimum atomic E-state index is -3.37. The molecule has 0 atom stereocenters. The number of carbonyl (C=O) groups is 1. The number of furan rings is 1. The zero-order valence-corrected chi connectivity index (χ0v) is 14.9. The molecule has 0 aliphatic carbocycles. The maximum absolute atomic E-state index is 12.5. The molecule has 8 heteroatoms. The van der Waals surface area contributed by atoms with Crippen molar-refractivity contribution in [2.45, 2.75) is 36.4 Å². The first-order valence-electron chi connectivity index (χ1n) is 7.93. The van der Waals surface area contributed by atoms with Crippen LogP contribution in [0.1, 0.15) is 29.9 Å². The van der Waals surface area contributed by atoms with Crippen LogP contribution in [0.5, 0.6) is 0 Å². The molecule has 2 aromatic rings. The molecule has 3 heterocycles. The third-order valence-electron chi connectivity index (χ3n) is 3.93. The molecule has 130 valence electrons. The van der Waals surface area contributed by atoms with E-state index in [0.717, 1.165) is 23.5 Å². The highest BCUT2D eigenvalue weighted by atomic mass is 32.2. The molecular formula is C16H20N2O4S2. The Labute approximate surface area is 145 Å². The maximum atomic E-state index is 12.5. The van der Waals surface area contributed by atoms with Crippen LogP contribution < -0.4 is 5.32 Å². The van der Waals surface area contributed by atoms with E-state index in [9.17, 15) is 13.2 Å². The summed E-state index contributed by atoms with van der Waals surface area (Å²) in [5, 5.41) is 2.82. The lowest BCUT2D eigenvalue weighted by molar-refractivity contribution is -0.121. The van der Waals surface area contributed by atoms with Gasteiger partial charge in [0.2, 0.25) is 5.91 Å². The summed E-state index contributed by atoms with van der Waals surface area (Å²) in [7, 11) is -3.37. The number of nitrogens with zero attached hydrogens (tertiary/aromatic N) is 1. The van der Waals surface area contributed by atoms with Gasteiger partial charge in [-0.2, -0.15) is 4.31 Å². The first kappa shape index (κ1) is 17.2. The van der Waals surface area contributed by atoms with Gasteiger partial charge in [0.1, 0.15) is 9.97 Å². The summed E-state index contributed by atoms with van der Waals surface area (Å²) in [6.45, 7) is 1.54. The van der Waals surface area contributed by atoms with Crippen molar-refractivity contribution in [2.24, 2.45) is 0 Å². The highest BCUT2D eigenvalue weighted by molar-refractivity contribution is 7.91. The molecule has 1 N–H and O–H groups in total. The Morgan fingerprint density at radius 1 is 1.25 bits per heavy atom. The van der Waals surface area contributed by atoms with E-state index in [1.807, 2.05) is 6.07 Å². The molecule has 1 aliphatic rings. The highest BCUT2D eigenvalue weighted by Crippen LogP contribution is 2.27. The van der Waals surface area contributed by atoms with Gasteiger partial charge in [-0.3, -0.25) is 4.79 Å². The van der Waals surface area contributed by atoms with E-state index in [0.29, 0.717) is 36.7 Å². The van der Waals surface area contributed by atoms with Crippen LogP contribution in [0.15, 0.2) is 39.2 Å². The van der Waals surface area contributed by atoms with Crippen molar-refractivity contribution in [3.63, 3.8) is 0 Å². The second-order valence-electron chi connectivity index (χ2n) is 5.69. The predicted octanol–water partition coefficient (Wildman–Crippen LogP) is 2.37. The molecular weight excluding hydrogens is 348 g/mol. The van der Waals surface area contributed by atoms with Gasteiger partial charge in [-0.05, 0) is 37.1 Å². The van der Waals surface area contributed by atoms with Gasteiger partial charge >= 0.3 is 0 Å². The summed E-state index contributed by atoms with van der Waals surface area (Å²) in [6, 6.07) is 7.02. The summed E-state index contributed by atoms with van der Waals surface area (Å²) in [6.07, 6.45) is 4.32. The molecule has 0 aromatic carbocycles. The standard InChI is InChI=1S/C16H20N2O4S2/c19-15(7-5-13-4-3-11-22-13)17-12-14-6-8-16(23-14)24(20,21)18-9-1-2-10-18/h3-4,6,8,11H,1-2,5,7,9-10,12H2,(H,17,19). The van der Waals surface area contributed by atoms with E-state index in [1.54, 1.807) is 24.5 Å². The Morgan fingerprint density at radius 3 is 2.75 bits per heavy atom.